The molecule has 0 aliphatic rings. The lowest BCUT2D eigenvalue weighted by Crippen LogP contribution is -2.26. The highest BCUT2D eigenvalue weighted by Crippen LogP contribution is 2.26. The number of thiazole rings is 2. The first-order valence-electron chi connectivity index (χ1n) is 8.05. The minimum absolute atomic E-state index is 0.0200. The molecule has 25 heavy (non-hydrogen) atoms. The molecule has 0 saturated carbocycles. The molecule has 0 aliphatic heterocycles. The molecule has 0 unspecified atom stereocenters. The van der Waals surface area contributed by atoms with Crippen LogP contribution in [0.15, 0.2) is 35.7 Å². The predicted octanol–water partition coefficient (Wildman–Crippen LogP) is 4.28. The highest BCUT2D eigenvalue weighted by atomic mass is 32.1. The average Bonchev–Trinajstić information content (AvgIpc) is 3.22. The maximum absolute atomic E-state index is 12.7. The van der Waals surface area contributed by atoms with Crippen LogP contribution in [-0.4, -0.2) is 34.4 Å². The van der Waals surface area contributed by atoms with Crippen LogP contribution in [0.1, 0.15) is 28.0 Å². The number of nitrogens with one attached hydrogen (secondary N) is 1. The van der Waals surface area contributed by atoms with E-state index in [9.17, 15) is 4.79 Å². The number of aromatic nitrogens is 2. The predicted molar refractivity (Wildman–Crippen MR) is 104 cm³/mol. The molecule has 1 amide bonds. The van der Waals surface area contributed by atoms with Crippen LogP contribution in [0.3, 0.4) is 0 Å². The van der Waals surface area contributed by atoms with Crippen LogP contribution in [-0.2, 0) is 6.54 Å². The molecule has 0 aliphatic carbocycles. The number of rotatable bonds is 6. The summed E-state index contributed by atoms with van der Waals surface area (Å²) in [6.45, 7) is 5.15. The van der Waals surface area contributed by atoms with E-state index in [-0.39, 0.29) is 5.91 Å². The van der Waals surface area contributed by atoms with E-state index in [0.29, 0.717) is 11.4 Å². The van der Waals surface area contributed by atoms with Crippen LogP contribution in [0.4, 0.5) is 5.13 Å². The third-order valence-corrected chi connectivity index (χ3v) is 5.68. The van der Waals surface area contributed by atoms with Crippen LogP contribution >= 0.6 is 22.7 Å². The lowest BCUT2D eigenvalue weighted by Gasteiger charge is -2.14. The molecule has 7 heteroatoms. The van der Waals surface area contributed by atoms with Gasteiger partial charge in [0, 0.05) is 24.5 Å². The van der Waals surface area contributed by atoms with Gasteiger partial charge in [-0.3, -0.25) is 4.79 Å². The van der Waals surface area contributed by atoms with Crippen molar-refractivity contribution in [2.24, 2.45) is 0 Å². The second-order valence-electron chi connectivity index (χ2n) is 5.64. The van der Waals surface area contributed by atoms with Gasteiger partial charge in [0.15, 0.2) is 5.13 Å². The molecule has 1 aromatic carbocycles. The summed E-state index contributed by atoms with van der Waals surface area (Å²) in [4.78, 5) is 24.1. The molecule has 130 valence electrons. The quantitative estimate of drug-likeness (QED) is 0.702. The fourth-order valence-electron chi connectivity index (χ4n) is 2.40. The Hall–Kier alpha value is -2.25. The second-order valence-corrected chi connectivity index (χ2v) is 7.49. The molecule has 0 radical (unpaired) electrons. The minimum atomic E-state index is -0.0200. The van der Waals surface area contributed by atoms with Gasteiger partial charge in [-0.2, -0.15) is 0 Å². The molecule has 3 aromatic rings. The largest absolute Gasteiger partial charge is 0.362 e. The molecule has 0 bridgehead atoms. The Labute approximate surface area is 155 Å². The number of carbonyl (C=O) groups is 1. The summed E-state index contributed by atoms with van der Waals surface area (Å²) in [6, 6.07) is 10.1. The van der Waals surface area contributed by atoms with Crippen molar-refractivity contribution in [2.75, 3.05) is 18.9 Å². The van der Waals surface area contributed by atoms with Gasteiger partial charge in [-0.25, -0.2) is 9.97 Å². The normalized spacial score (nSPS) is 10.7. The molecule has 2 heterocycles. The Bertz CT molecular complexity index is 857. The van der Waals surface area contributed by atoms with Crippen LogP contribution in [0.2, 0.25) is 0 Å². The number of aryl methyl sites for hydroxylation is 1. The van der Waals surface area contributed by atoms with E-state index in [1.165, 1.54) is 11.3 Å². The summed E-state index contributed by atoms with van der Waals surface area (Å²) in [5, 5.41) is 6.93. The third kappa shape index (κ3) is 4.05. The van der Waals surface area contributed by atoms with Crippen LogP contribution in [0.25, 0.3) is 10.6 Å². The Balaban J connectivity index is 1.71. The molecule has 5 nitrogen and oxygen atoms in total. The molecular weight excluding hydrogens is 352 g/mol. The number of anilines is 1. The van der Waals surface area contributed by atoms with Crippen molar-refractivity contribution in [3.8, 4) is 10.6 Å². The van der Waals surface area contributed by atoms with E-state index in [2.05, 4.69) is 15.3 Å². The first-order chi connectivity index (χ1) is 12.1. The lowest BCUT2D eigenvalue weighted by molar-refractivity contribution is 0.0787. The number of benzene rings is 1. The molecule has 0 atom stereocenters. The summed E-state index contributed by atoms with van der Waals surface area (Å²) >= 11 is 3.00. The number of carbonyl (C=O) groups excluding carboxylic acids is 1. The maximum Gasteiger partial charge on any atom is 0.266 e. The minimum Gasteiger partial charge on any atom is -0.362 e. The monoisotopic (exact) mass is 372 g/mol. The van der Waals surface area contributed by atoms with E-state index in [0.717, 1.165) is 33.6 Å². The van der Waals surface area contributed by atoms with Crippen LogP contribution in [0.5, 0.6) is 0 Å². The fraction of sp³-hybridized carbons (Fsp3) is 0.278. The Morgan fingerprint density at radius 2 is 2.00 bits per heavy atom. The van der Waals surface area contributed by atoms with E-state index in [1.807, 2.05) is 49.6 Å². The Kier molecular flexibility index (Phi) is 5.45. The molecule has 0 fully saturated rings. The highest BCUT2D eigenvalue weighted by Gasteiger charge is 2.20. The van der Waals surface area contributed by atoms with E-state index < -0.39 is 0 Å². The first-order valence-corrected chi connectivity index (χ1v) is 9.74. The van der Waals surface area contributed by atoms with Gasteiger partial charge in [0.1, 0.15) is 9.88 Å². The zero-order chi connectivity index (χ0) is 17.8. The number of hydrogen-bond donors (Lipinski definition) is 1. The average molecular weight is 373 g/mol. The summed E-state index contributed by atoms with van der Waals surface area (Å²) in [7, 11) is 1.80. The van der Waals surface area contributed by atoms with Crippen molar-refractivity contribution in [2.45, 2.75) is 20.4 Å². The van der Waals surface area contributed by atoms with Crippen LogP contribution in [0, 0.1) is 6.92 Å². The second kappa shape index (κ2) is 7.76. The van der Waals surface area contributed by atoms with Gasteiger partial charge < -0.3 is 10.2 Å². The van der Waals surface area contributed by atoms with Crippen molar-refractivity contribution < 1.29 is 4.79 Å². The summed E-state index contributed by atoms with van der Waals surface area (Å²) in [5.74, 6) is -0.0200. The highest BCUT2D eigenvalue weighted by molar-refractivity contribution is 7.17. The van der Waals surface area contributed by atoms with E-state index >= 15 is 0 Å². The van der Waals surface area contributed by atoms with Crippen LogP contribution < -0.4 is 5.32 Å². The van der Waals surface area contributed by atoms with Crippen molar-refractivity contribution in [1.82, 2.24) is 14.9 Å². The molecular formula is C18H20N4OS2. The zero-order valence-electron chi connectivity index (χ0n) is 14.4. The van der Waals surface area contributed by atoms with Gasteiger partial charge in [-0.1, -0.05) is 41.7 Å². The summed E-state index contributed by atoms with van der Waals surface area (Å²) in [6.07, 6.45) is 0. The number of hydrogen-bond acceptors (Lipinski definition) is 6. The summed E-state index contributed by atoms with van der Waals surface area (Å²) < 4.78 is 0. The van der Waals surface area contributed by atoms with Gasteiger partial charge in [0.05, 0.1) is 17.9 Å². The van der Waals surface area contributed by atoms with Crippen molar-refractivity contribution in [3.63, 3.8) is 0 Å². The molecule has 2 aromatic heterocycles. The van der Waals surface area contributed by atoms with E-state index in [1.54, 1.807) is 23.3 Å². The number of amides is 1. The third-order valence-electron chi connectivity index (χ3n) is 3.64. The Morgan fingerprint density at radius 3 is 2.72 bits per heavy atom. The standard InChI is InChI=1S/C18H20N4OS2/c1-4-19-18-20-12(2)15(25-18)17(23)22(3)10-14-11-24-16(21-14)13-8-6-5-7-9-13/h5-9,11H,4,10H2,1-3H3,(H,19,20). The van der Waals surface area contributed by atoms with Crippen molar-refractivity contribution in [1.29, 1.82) is 0 Å². The zero-order valence-corrected chi connectivity index (χ0v) is 16.1. The van der Waals surface area contributed by atoms with Gasteiger partial charge in [-0.15, -0.1) is 11.3 Å². The molecule has 3 rings (SSSR count). The van der Waals surface area contributed by atoms with E-state index in [4.69, 9.17) is 0 Å². The lowest BCUT2D eigenvalue weighted by atomic mass is 10.2. The topological polar surface area (TPSA) is 58.1 Å². The van der Waals surface area contributed by atoms with Gasteiger partial charge in [0.25, 0.3) is 5.91 Å². The molecule has 0 saturated heterocycles. The smallest absolute Gasteiger partial charge is 0.266 e. The molecule has 1 N–H and O–H groups in total. The Morgan fingerprint density at radius 1 is 1.24 bits per heavy atom. The van der Waals surface area contributed by atoms with Gasteiger partial charge >= 0.3 is 0 Å². The van der Waals surface area contributed by atoms with Gasteiger partial charge in [0.2, 0.25) is 0 Å². The SMILES string of the molecule is CCNc1nc(C)c(C(=O)N(C)Cc2csc(-c3ccccc3)n2)s1. The van der Waals surface area contributed by atoms with Gasteiger partial charge in [-0.05, 0) is 13.8 Å². The first kappa shape index (κ1) is 17.6. The summed E-state index contributed by atoms with van der Waals surface area (Å²) in [5.41, 5.74) is 2.76. The van der Waals surface area contributed by atoms with Crippen molar-refractivity contribution >= 4 is 33.7 Å². The maximum atomic E-state index is 12.7. The number of nitrogens with zero attached hydrogens (tertiary/aromatic N) is 3. The molecule has 0 spiro atoms. The fourth-order valence-corrected chi connectivity index (χ4v) is 4.25. The van der Waals surface area contributed by atoms with Crippen molar-refractivity contribution in [3.05, 3.63) is 52.0 Å².